The highest BCUT2D eigenvalue weighted by molar-refractivity contribution is 7.91. The third-order valence-corrected chi connectivity index (χ3v) is 7.20. The molecule has 7 nitrogen and oxygen atoms in total. The lowest BCUT2D eigenvalue weighted by Crippen LogP contribution is -2.49. The van der Waals surface area contributed by atoms with E-state index in [-0.39, 0.29) is 34.2 Å². The van der Waals surface area contributed by atoms with Crippen LogP contribution >= 0.6 is 11.3 Å². The summed E-state index contributed by atoms with van der Waals surface area (Å²) in [5.41, 5.74) is 0.307. The number of aromatic nitrogens is 1. The van der Waals surface area contributed by atoms with Crippen LogP contribution in [0.2, 0.25) is 0 Å². The average Bonchev–Trinajstić information content (AvgIpc) is 3.08. The number of nitrogens with one attached hydrogen (secondary N) is 1. The Kier molecular flexibility index (Phi) is 4.65. The monoisotopic (exact) mass is 371 g/mol. The van der Waals surface area contributed by atoms with E-state index >= 15 is 0 Å². The molecule has 0 spiro atoms. The third kappa shape index (κ3) is 3.46. The molecule has 1 aliphatic heterocycles. The van der Waals surface area contributed by atoms with E-state index in [4.69, 9.17) is 0 Å². The van der Waals surface area contributed by atoms with Gasteiger partial charge in [-0.1, -0.05) is 0 Å². The van der Waals surface area contributed by atoms with Crippen LogP contribution in [0.25, 0.3) is 0 Å². The summed E-state index contributed by atoms with van der Waals surface area (Å²) in [6.45, 7) is 2.74. The molecule has 1 atom stereocenters. The second-order valence-corrected chi connectivity index (χ2v) is 9.80. The second-order valence-electron chi connectivity index (χ2n) is 6.62. The molecule has 1 aromatic rings. The van der Waals surface area contributed by atoms with Crippen molar-refractivity contribution in [2.24, 2.45) is 0 Å². The maximum atomic E-state index is 12.4. The largest absolute Gasteiger partial charge is 0.347 e. The molecule has 0 bridgehead atoms. The Morgan fingerprint density at radius 3 is 2.67 bits per heavy atom. The molecule has 1 saturated heterocycles. The van der Waals surface area contributed by atoms with Crippen LogP contribution in [0.1, 0.15) is 52.9 Å². The number of sulfone groups is 1. The molecule has 3 rings (SSSR count). The van der Waals surface area contributed by atoms with Crippen LogP contribution in [-0.2, 0) is 9.84 Å². The molecular weight excluding hydrogens is 350 g/mol. The van der Waals surface area contributed by atoms with Gasteiger partial charge in [-0.25, -0.2) is 13.4 Å². The van der Waals surface area contributed by atoms with E-state index in [0.717, 1.165) is 30.7 Å². The molecule has 2 aliphatic rings. The molecule has 1 saturated carbocycles. The highest BCUT2D eigenvalue weighted by atomic mass is 32.2. The molecule has 2 amide bonds. The van der Waals surface area contributed by atoms with E-state index in [1.807, 2.05) is 6.92 Å². The third-order valence-electron chi connectivity index (χ3n) is 4.77. The summed E-state index contributed by atoms with van der Waals surface area (Å²) in [6, 6.07) is 0.0678. The van der Waals surface area contributed by atoms with Gasteiger partial charge in [0.25, 0.3) is 11.8 Å². The summed E-state index contributed by atoms with van der Waals surface area (Å²) in [4.78, 5) is 30.6. The van der Waals surface area contributed by atoms with Crippen molar-refractivity contribution in [3.8, 4) is 0 Å². The molecule has 1 aliphatic carbocycles. The van der Waals surface area contributed by atoms with Crippen LogP contribution in [0.5, 0.6) is 0 Å². The minimum atomic E-state index is -3.04. The number of hydrogen-bond acceptors (Lipinski definition) is 6. The molecule has 9 heteroatoms. The average molecular weight is 371 g/mol. The lowest BCUT2D eigenvalue weighted by Gasteiger charge is -2.34. The van der Waals surface area contributed by atoms with Crippen LogP contribution in [0, 0.1) is 0 Å². The van der Waals surface area contributed by atoms with E-state index in [0.29, 0.717) is 18.5 Å². The van der Waals surface area contributed by atoms with E-state index in [9.17, 15) is 18.0 Å². The number of carbonyl (C=O) groups is 2. The van der Waals surface area contributed by atoms with Crippen LogP contribution in [-0.4, -0.2) is 60.3 Å². The number of likely N-dealkylation sites (tertiary alicyclic amines) is 1. The first-order valence-corrected chi connectivity index (χ1v) is 10.9. The Bertz CT molecular complexity index is 753. The fourth-order valence-electron chi connectivity index (χ4n) is 3.14. The van der Waals surface area contributed by atoms with Gasteiger partial charge in [0.15, 0.2) is 5.01 Å². The Labute approximate surface area is 145 Å². The normalized spacial score (nSPS) is 26.9. The Morgan fingerprint density at radius 1 is 1.38 bits per heavy atom. The van der Waals surface area contributed by atoms with Gasteiger partial charge in [0, 0.05) is 30.3 Å². The van der Waals surface area contributed by atoms with Crippen LogP contribution < -0.4 is 5.32 Å². The zero-order valence-corrected chi connectivity index (χ0v) is 15.3. The van der Waals surface area contributed by atoms with Gasteiger partial charge in [-0.05, 0) is 32.6 Å². The minimum Gasteiger partial charge on any atom is -0.347 e. The molecule has 1 N–H and O–H groups in total. The standard InChI is InChI=1S/C15H21N3O4S2/c1-9-4-3-5-18(9)15(20)12-8-23-14(17-12)13(19)16-10-6-11(7-10)24(2,21)22/h8-11H,3-7H2,1-2H3,(H,16,19)/t9-,10-,11-/m0/s1. The predicted molar refractivity (Wildman–Crippen MR) is 91.0 cm³/mol. The number of carbonyl (C=O) groups excluding carboxylic acids is 2. The van der Waals surface area contributed by atoms with Crippen molar-refractivity contribution in [3.05, 3.63) is 16.1 Å². The summed E-state index contributed by atoms with van der Waals surface area (Å²) in [5.74, 6) is -0.471. The first kappa shape index (κ1) is 17.3. The lowest BCUT2D eigenvalue weighted by atomic mass is 9.92. The molecule has 2 heterocycles. The molecule has 1 aromatic heterocycles. The van der Waals surface area contributed by atoms with Crippen molar-refractivity contribution in [3.63, 3.8) is 0 Å². The first-order valence-electron chi connectivity index (χ1n) is 8.02. The van der Waals surface area contributed by atoms with Gasteiger partial charge in [-0.2, -0.15) is 0 Å². The Morgan fingerprint density at radius 2 is 2.08 bits per heavy atom. The molecule has 0 unspecified atom stereocenters. The Hall–Kier alpha value is -1.48. The van der Waals surface area contributed by atoms with Crippen LogP contribution in [0.3, 0.4) is 0 Å². The van der Waals surface area contributed by atoms with E-state index < -0.39 is 9.84 Å². The number of hydrogen-bond donors (Lipinski definition) is 1. The minimum absolute atomic E-state index is 0.129. The SMILES string of the molecule is C[C@H]1CCCN1C(=O)c1csc(C(=O)N[C@H]2C[C@H](S(C)(=O)=O)C2)n1. The van der Waals surface area contributed by atoms with Gasteiger partial charge in [0.1, 0.15) is 15.5 Å². The highest BCUT2D eigenvalue weighted by Crippen LogP contribution is 2.27. The summed E-state index contributed by atoms with van der Waals surface area (Å²) in [6.07, 6.45) is 4.08. The maximum absolute atomic E-state index is 12.4. The molecule has 2 fully saturated rings. The van der Waals surface area contributed by atoms with Gasteiger partial charge >= 0.3 is 0 Å². The van der Waals surface area contributed by atoms with E-state index in [1.165, 1.54) is 6.26 Å². The van der Waals surface area contributed by atoms with E-state index in [2.05, 4.69) is 10.3 Å². The summed E-state index contributed by atoms with van der Waals surface area (Å²) in [7, 11) is -3.04. The van der Waals surface area contributed by atoms with Crippen molar-refractivity contribution in [2.75, 3.05) is 12.8 Å². The van der Waals surface area contributed by atoms with Crippen LogP contribution in [0.4, 0.5) is 0 Å². The predicted octanol–water partition coefficient (Wildman–Crippen LogP) is 1.07. The van der Waals surface area contributed by atoms with Gasteiger partial charge in [0.2, 0.25) is 0 Å². The molecule has 24 heavy (non-hydrogen) atoms. The van der Waals surface area contributed by atoms with Gasteiger partial charge in [-0.15, -0.1) is 11.3 Å². The maximum Gasteiger partial charge on any atom is 0.280 e. The number of thiazole rings is 1. The highest BCUT2D eigenvalue weighted by Gasteiger charge is 2.37. The van der Waals surface area contributed by atoms with Crippen molar-refractivity contribution < 1.29 is 18.0 Å². The van der Waals surface area contributed by atoms with Crippen molar-refractivity contribution >= 4 is 33.0 Å². The quantitative estimate of drug-likeness (QED) is 0.854. The molecule has 0 aromatic carbocycles. The van der Waals surface area contributed by atoms with Crippen molar-refractivity contribution in [2.45, 2.75) is 49.9 Å². The van der Waals surface area contributed by atoms with Crippen molar-refractivity contribution in [1.82, 2.24) is 15.2 Å². The fraction of sp³-hybridized carbons (Fsp3) is 0.667. The summed E-state index contributed by atoms with van der Waals surface area (Å²) in [5, 5.41) is 4.27. The topological polar surface area (TPSA) is 96.4 Å². The molecule has 132 valence electrons. The van der Waals surface area contributed by atoms with Gasteiger partial charge in [0.05, 0.1) is 5.25 Å². The zero-order valence-electron chi connectivity index (χ0n) is 13.7. The van der Waals surface area contributed by atoms with Crippen LogP contribution in [0.15, 0.2) is 5.38 Å². The zero-order chi connectivity index (χ0) is 17.5. The van der Waals surface area contributed by atoms with Gasteiger partial charge in [-0.3, -0.25) is 9.59 Å². The van der Waals surface area contributed by atoms with E-state index in [1.54, 1.807) is 10.3 Å². The number of rotatable bonds is 4. The Balaban J connectivity index is 1.58. The summed E-state index contributed by atoms with van der Waals surface area (Å²) >= 11 is 1.14. The van der Waals surface area contributed by atoms with Gasteiger partial charge < -0.3 is 10.2 Å². The number of nitrogens with zero attached hydrogens (tertiary/aromatic N) is 2. The van der Waals surface area contributed by atoms with Crippen molar-refractivity contribution in [1.29, 1.82) is 0 Å². The first-order chi connectivity index (χ1) is 11.3. The lowest BCUT2D eigenvalue weighted by molar-refractivity contribution is 0.0742. The summed E-state index contributed by atoms with van der Waals surface area (Å²) < 4.78 is 22.8. The molecule has 0 radical (unpaired) electrons. The number of amides is 2. The second kappa shape index (κ2) is 6.44. The smallest absolute Gasteiger partial charge is 0.280 e. The fourth-order valence-corrected chi connectivity index (χ4v) is 5.00. The molecular formula is C15H21N3O4S2.